The zero-order valence-electron chi connectivity index (χ0n) is 23.3. The van der Waals surface area contributed by atoms with E-state index in [4.69, 9.17) is 14.7 Å². The Kier molecular flexibility index (Phi) is 7.50. The molecule has 4 aromatic rings. The van der Waals surface area contributed by atoms with Crippen LogP contribution in [0.5, 0.6) is 0 Å². The summed E-state index contributed by atoms with van der Waals surface area (Å²) in [4.78, 5) is 20.5. The number of nitrogens with zero attached hydrogens (tertiary/aromatic N) is 5. The second-order valence-electron chi connectivity index (χ2n) is 11.4. The maximum absolute atomic E-state index is 13.7. The van der Waals surface area contributed by atoms with Gasteiger partial charge in [0.25, 0.3) is 0 Å². The molecule has 1 aliphatic heterocycles. The van der Waals surface area contributed by atoms with Gasteiger partial charge in [-0.3, -0.25) is 14.9 Å². The number of hydrogen-bond donors (Lipinski definition) is 1. The Bertz CT molecular complexity index is 1490. The minimum Gasteiger partial charge on any atom is -0.373 e. The molecule has 10 heteroatoms. The average molecular weight is 551 g/mol. The van der Waals surface area contributed by atoms with Gasteiger partial charge in [-0.05, 0) is 50.2 Å². The summed E-state index contributed by atoms with van der Waals surface area (Å²) in [5, 5.41) is 4.04. The fourth-order valence-corrected chi connectivity index (χ4v) is 5.02. The van der Waals surface area contributed by atoms with Gasteiger partial charge in [0.2, 0.25) is 0 Å². The molecule has 1 N–H and O–H groups in total. The number of morpholine rings is 1. The summed E-state index contributed by atoms with van der Waals surface area (Å²) in [6.07, 6.45) is -1.26. The topological polar surface area (TPSA) is 76.1 Å². The second kappa shape index (κ2) is 10.7. The second-order valence-corrected chi connectivity index (χ2v) is 11.4. The Morgan fingerprint density at radius 1 is 0.975 bits per heavy atom. The number of benzene rings is 1. The van der Waals surface area contributed by atoms with Crippen LogP contribution in [-0.2, 0) is 22.9 Å². The van der Waals surface area contributed by atoms with Gasteiger partial charge in [0.1, 0.15) is 11.6 Å². The highest BCUT2D eigenvalue weighted by Crippen LogP contribution is 2.37. The Balaban J connectivity index is 1.57. The van der Waals surface area contributed by atoms with Crippen LogP contribution in [-0.4, -0.2) is 50.1 Å². The molecule has 3 aromatic heterocycles. The van der Waals surface area contributed by atoms with Crippen LogP contribution in [0.4, 0.5) is 24.7 Å². The number of halogens is 3. The van der Waals surface area contributed by atoms with Gasteiger partial charge in [-0.2, -0.15) is 13.2 Å². The molecule has 2 atom stereocenters. The van der Waals surface area contributed by atoms with Crippen molar-refractivity contribution in [1.82, 2.24) is 24.8 Å². The van der Waals surface area contributed by atoms with Gasteiger partial charge in [-0.1, -0.05) is 26.8 Å². The molecule has 1 aromatic carbocycles. The van der Waals surface area contributed by atoms with Crippen molar-refractivity contribution in [3.8, 4) is 11.3 Å². The summed E-state index contributed by atoms with van der Waals surface area (Å²) >= 11 is 0. The zero-order chi connectivity index (χ0) is 28.7. The molecule has 5 rings (SSSR count). The van der Waals surface area contributed by atoms with Crippen molar-refractivity contribution in [3.05, 3.63) is 71.9 Å². The molecule has 0 bridgehead atoms. The van der Waals surface area contributed by atoms with E-state index in [0.29, 0.717) is 34.7 Å². The smallest absolute Gasteiger partial charge is 0.373 e. The molecule has 0 amide bonds. The van der Waals surface area contributed by atoms with Crippen molar-refractivity contribution in [2.75, 3.05) is 18.4 Å². The highest BCUT2D eigenvalue weighted by atomic mass is 19.4. The minimum atomic E-state index is -4.53. The SMILES string of the molecule is C[C@@H]1CN(Cc2nc(Nc3ccc(C(C)(C)C)nc3)c3ccc(-c4ncccc4C(F)(F)F)cc3n2)C[C@@H](C)O1. The number of rotatable bonds is 5. The average Bonchev–Trinajstić information content (AvgIpc) is 2.87. The number of fused-ring (bicyclic) bond motifs is 1. The molecule has 4 heterocycles. The number of anilines is 2. The van der Waals surface area contributed by atoms with Gasteiger partial charge in [0.15, 0.2) is 0 Å². The molecule has 7 nitrogen and oxygen atoms in total. The van der Waals surface area contributed by atoms with E-state index >= 15 is 0 Å². The lowest BCUT2D eigenvalue weighted by atomic mass is 9.92. The lowest BCUT2D eigenvalue weighted by molar-refractivity contribution is -0.137. The Morgan fingerprint density at radius 2 is 1.73 bits per heavy atom. The molecule has 40 heavy (non-hydrogen) atoms. The molecule has 0 saturated carbocycles. The van der Waals surface area contributed by atoms with E-state index in [9.17, 15) is 13.2 Å². The summed E-state index contributed by atoms with van der Waals surface area (Å²) in [6.45, 7) is 12.3. The predicted molar refractivity (Wildman–Crippen MR) is 149 cm³/mol. The van der Waals surface area contributed by atoms with Gasteiger partial charge in [0, 0.05) is 41.3 Å². The number of hydrogen-bond acceptors (Lipinski definition) is 7. The molecular formula is C30H33F3N6O. The molecule has 210 valence electrons. The van der Waals surface area contributed by atoms with Crippen LogP contribution in [0.3, 0.4) is 0 Å². The fourth-order valence-electron chi connectivity index (χ4n) is 5.02. The molecule has 0 spiro atoms. The molecule has 0 aliphatic carbocycles. The van der Waals surface area contributed by atoms with E-state index in [-0.39, 0.29) is 23.3 Å². The third kappa shape index (κ3) is 6.23. The maximum atomic E-state index is 13.7. The largest absolute Gasteiger partial charge is 0.418 e. The van der Waals surface area contributed by atoms with Crippen LogP contribution < -0.4 is 5.32 Å². The van der Waals surface area contributed by atoms with Crippen LogP contribution in [0.15, 0.2) is 54.9 Å². The van der Waals surface area contributed by atoms with Gasteiger partial charge in [0.05, 0.1) is 47.4 Å². The summed E-state index contributed by atoms with van der Waals surface area (Å²) in [6, 6.07) is 11.3. The number of pyridine rings is 2. The lowest BCUT2D eigenvalue weighted by Gasteiger charge is -2.34. The van der Waals surface area contributed by atoms with Gasteiger partial charge >= 0.3 is 6.18 Å². The van der Waals surface area contributed by atoms with Crippen LogP contribution in [0, 0.1) is 0 Å². The maximum Gasteiger partial charge on any atom is 0.418 e. The highest BCUT2D eigenvalue weighted by molar-refractivity contribution is 5.93. The minimum absolute atomic E-state index is 0.0748. The first-order valence-electron chi connectivity index (χ1n) is 13.3. The zero-order valence-corrected chi connectivity index (χ0v) is 23.3. The summed E-state index contributed by atoms with van der Waals surface area (Å²) in [7, 11) is 0. The quantitative estimate of drug-likeness (QED) is 0.294. The van der Waals surface area contributed by atoms with Crippen LogP contribution >= 0.6 is 0 Å². The molecule has 1 fully saturated rings. The standard InChI is InChI=1S/C30H33F3N6O/c1-18-15-39(16-19(2)40-18)17-26-37-24-13-20(27-23(30(31,32)33)7-6-12-34-27)8-10-22(24)28(38-26)36-21-9-11-25(35-14-21)29(3,4)5/h6-14,18-19H,15-17H2,1-5H3,(H,36,37,38)/t18-,19-/m1/s1. The van der Waals surface area contributed by atoms with Crippen molar-refractivity contribution >= 4 is 22.4 Å². The molecule has 0 unspecified atom stereocenters. The van der Waals surface area contributed by atoms with E-state index in [1.807, 2.05) is 26.0 Å². The number of aromatic nitrogens is 4. The van der Waals surface area contributed by atoms with Crippen LogP contribution in [0.25, 0.3) is 22.2 Å². The van der Waals surface area contributed by atoms with E-state index in [1.165, 1.54) is 12.3 Å². The normalized spacial score (nSPS) is 18.7. The first-order chi connectivity index (χ1) is 18.9. The predicted octanol–water partition coefficient (Wildman–Crippen LogP) is 6.76. The first kappa shape index (κ1) is 27.9. The lowest BCUT2D eigenvalue weighted by Crippen LogP contribution is -2.45. The fraction of sp³-hybridized carbons (Fsp3) is 0.400. The Morgan fingerprint density at radius 3 is 2.38 bits per heavy atom. The number of alkyl halides is 3. The molecular weight excluding hydrogens is 517 g/mol. The first-order valence-corrected chi connectivity index (χ1v) is 13.3. The van der Waals surface area contributed by atoms with E-state index in [0.717, 1.165) is 30.5 Å². The van der Waals surface area contributed by atoms with Crippen molar-refractivity contribution in [1.29, 1.82) is 0 Å². The van der Waals surface area contributed by atoms with E-state index in [2.05, 4.69) is 41.0 Å². The third-order valence-corrected chi connectivity index (χ3v) is 6.78. The molecule has 1 saturated heterocycles. The number of nitrogens with one attached hydrogen (secondary N) is 1. The highest BCUT2D eigenvalue weighted by Gasteiger charge is 2.34. The molecule has 1 aliphatic rings. The van der Waals surface area contributed by atoms with Crippen molar-refractivity contribution in [3.63, 3.8) is 0 Å². The van der Waals surface area contributed by atoms with Crippen molar-refractivity contribution < 1.29 is 17.9 Å². The van der Waals surface area contributed by atoms with E-state index in [1.54, 1.807) is 24.4 Å². The van der Waals surface area contributed by atoms with Gasteiger partial charge in [-0.25, -0.2) is 9.97 Å². The number of ether oxygens (including phenoxy) is 1. The van der Waals surface area contributed by atoms with Crippen molar-refractivity contribution in [2.45, 2.75) is 65.0 Å². The van der Waals surface area contributed by atoms with E-state index < -0.39 is 11.7 Å². The van der Waals surface area contributed by atoms with Crippen LogP contribution in [0.2, 0.25) is 0 Å². The summed E-state index contributed by atoms with van der Waals surface area (Å²) in [5.41, 5.74) is 1.56. The monoisotopic (exact) mass is 550 g/mol. The van der Waals surface area contributed by atoms with Gasteiger partial charge in [-0.15, -0.1) is 0 Å². The summed E-state index contributed by atoms with van der Waals surface area (Å²) in [5.74, 6) is 1.12. The van der Waals surface area contributed by atoms with Crippen molar-refractivity contribution in [2.24, 2.45) is 0 Å². The molecule has 0 radical (unpaired) electrons. The Labute approximate surface area is 231 Å². The Hall–Kier alpha value is -3.63. The van der Waals surface area contributed by atoms with Gasteiger partial charge < -0.3 is 10.1 Å². The summed E-state index contributed by atoms with van der Waals surface area (Å²) < 4.78 is 47.1. The third-order valence-electron chi connectivity index (χ3n) is 6.78. The van der Waals surface area contributed by atoms with Crippen LogP contribution in [0.1, 0.15) is 51.7 Å².